The number of fused-ring (bicyclic) bond motifs is 1. The summed E-state index contributed by atoms with van der Waals surface area (Å²) in [5, 5.41) is 4.72. The van der Waals surface area contributed by atoms with Gasteiger partial charge in [0.1, 0.15) is 0 Å². The van der Waals surface area contributed by atoms with Crippen molar-refractivity contribution in [3.05, 3.63) is 17.0 Å². The average Bonchev–Trinajstić information content (AvgIpc) is 2.66. The lowest BCUT2D eigenvalue weighted by Crippen LogP contribution is -2.26. The molecule has 0 N–H and O–H groups in total. The van der Waals surface area contributed by atoms with Gasteiger partial charge in [0.25, 0.3) is 0 Å². The highest BCUT2D eigenvalue weighted by atomic mass is 35.5. The van der Waals surface area contributed by atoms with Crippen LogP contribution in [0.1, 0.15) is 48.6 Å². The molecule has 0 amide bonds. The molecule has 0 saturated carbocycles. The van der Waals surface area contributed by atoms with Gasteiger partial charge in [0, 0.05) is 25.3 Å². The van der Waals surface area contributed by atoms with Gasteiger partial charge < -0.3 is 0 Å². The highest BCUT2D eigenvalue weighted by Gasteiger charge is 2.27. The largest absolute Gasteiger partial charge is 0.269 e. The summed E-state index contributed by atoms with van der Waals surface area (Å²) < 4.78 is 4.17. The molecule has 3 heterocycles. The third-order valence-corrected chi connectivity index (χ3v) is 4.50. The van der Waals surface area contributed by atoms with Gasteiger partial charge >= 0.3 is 0 Å². The van der Waals surface area contributed by atoms with E-state index < -0.39 is 0 Å². The molecule has 3 rings (SSSR count). The van der Waals surface area contributed by atoms with Gasteiger partial charge in [-0.25, -0.2) is 4.42 Å². The van der Waals surface area contributed by atoms with E-state index in [-0.39, 0.29) is 0 Å². The number of halogens is 1. The van der Waals surface area contributed by atoms with Crippen molar-refractivity contribution >= 4 is 11.8 Å². The van der Waals surface area contributed by atoms with E-state index in [1.54, 1.807) is 5.56 Å². The molecule has 0 unspecified atom stereocenters. The molecule has 17 heavy (non-hydrogen) atoms. The molecule has 1 fully saturated rings. The number of aryl methyl sites for hydroxylation is 2. The molecule has 0 aliphatic carbocycles. The van der Waals surface area contributed by atoms with E-state index in [2.05, 4.69) is 11.6 Å². The number of piperidine rings is 1. The fraction of sp³-hybridized carbons (Fsp3) is 0.769. The van der Waals surface area contributed by atoms with E-state index in [9.17, 15) is 0 Å². The van der Waals surface area contributed by atoms with E-state index >= 15 is 0 Å². The van der Waals surface area contributed by atoms with E-state index in [0.29, 0.717) is 5.92 Å². The molecular weight excluding hydrogens is 234 g/mol. The van der Waals surface area contributed by atoms with Gasteiger partial charge in [-0.15, -0.1) is 0 Å². The molecule has 0 atom stereocenters. The lowest BCUT2D eigenvalue weighted by Gasteiger charge is -2.28. The second-order valence-corrected chi connectivity index (χ2v) is 5.79. The summed E-state index contributed by atoms with van der Waals surface area (Å²) in [5.74, 6) is 0.687. The Morgan fingerprint density at radius 2 is 1.94 bits per heavy atom. The highest BCUT2D eigenvalue weighted by molar-refractivity contribution is 6.13. The lowest BCUT2D eigenvalue weighted by atomic mass is 9.87. The van der Waals surface area contributed by atoms with E-state index in [4.69, 9.17) is 16.9 Å². The Morgan fingerprint density at radius 3 is 2.71 bits per heavy atom. The molecule has 4 heteroatoms. The van der Waals surface area contributed by atoms with Crippen molar-refractivity contribution in [3.8, 4) is 0 Å². The third-order valence-electron chi connectivity index (χ3n) is 4.17. The summed E-state index contributed by atoms with van der Waals surface area (Å²) in [5.41, 5.74) is 4.33. The first kappa shape index (κ1) is 11.5. The summed E-state index contributed by atoms with van der Waals surface area (Å²) in [7, 11) is 0. The number of hydrogen-bond acceptors (Lipinski definition) is 2. The van der Waals surface area contributed by atoms with Crippen molar-refractivity contribution in [2.75, 3.05) is 13.1 Å². The normalized spacial score (nSPS) is 22.7. The van der Waals surface area contributed by atoms with Crippen molar-refractivity contribution in [2.24, 2.45) is 0 Å². The molecule has 1 saturated heterocycles. The number of nitrogens with zero attached hydrogens (tertiary/aromatic N) is 3. The Hall–Kier alpha value is -0.540. The summed E-state index contributed by atoms with van der Waals surface area (Å²) in [4.78, 5) is 0. The second kappa shape index (κ2) is 4.62. The van der Waals surface area contributed by atoms with Crippen molar-refractivity contribution in [3.63, 3.8) is 0 Å². The van der Waals surface area contributed by atoms with Crippen LogP contribution in [0.15, 0.2) is 0 Å². The molecule has 1 aromatic heterocycles. The van der Waals surface area contributed by atoms with Crippen LogP contribution in [0.3, 0.4) is 0 Å². The molecular formula is C13H20ClN3. The Morgan fingerprint density at radius 1 is 1.18 bits per heavy atom. The molecule has 0 spiro atoms. The van der Waals surface area contributed by atoms with E-state index in [0.717, 1.165) is 19.6 Å². The lowest BCUT2D eigenvalue weighted by molar-refractivity contribution is 0.333. The minimum atomic E-state index is 0.687. The van der Waals surface area contributed by atoms with Crippen LogP contribution in [0.5, 0.6) is 0 Å². The van der Waals surface area contributed by atoms with Crippen LogP contribution < -0.4 is 0 Å². The van der Waals surface area contributed by atoms with Crippen LogP contribution in [0.25, 0.3) is 0 Å². The Labute approximate surface area is 108 Å². The van der Waals surface area contributed by atoms with Crippen LogP contribution in [-0.4, -0.2) is 27.3 Å². The zero-order valence-corrected chi connectivity index (χ0v) is 11.2. The van der Waals surface area contributed by atoms with Gasteiger partial charge in [-0.3, -0.25) is 4.68 Å². The molecule has 1 aromatic rings. The molecule has 0 bridgehead atoms. The van der Waals surface area contributed by atoms with E-state index in [1.165, 1.54) is 43.5 Å². The molecule has 0 aromatic carbocycles. The van der Waals surface area contributed by atoms with Crippen molar-refractivity contribution in [1.29, 1.82) is 0 Å². The SMILES string of the molecule is Cc1nn2c(c1C1CCN(Cl)CC1)CCCC2. The minimum absolute atomic E-state index is 0.687. The Balaban J connectivity index is 1.89. The van der Waals surface area contributed by atoms with Crippen LogP contribution in [0, 0.1) is 6.92 Å². The average molecular weight is 254 g/mol. The van der Waals surface area contributed by atoms with Crippen LogP contribution >= 0.6 is 11.8 Å². The fourth-order valence-corrected chi connectivity index (χ4v) is 3.51. The summed E-state index contributed by atoms with van der Waals surface area (Å²) in [6, 6.07) is 0. The summed E-state index contributed by atoms with van der Waals surface area (Å²) in [6.45, 7) is 5.31. The zero-order valence-electron chi connectivity index (χ0n) is 10.5. The monoisotopic (exact) mass is 253 g/mol. The molecule has 2 aliphatic rings. The zero-order chi connectivity index (χ0) is 11.8. The minimum Gasteiger partial charge on any atom is -0.269 e. The third kappa shape index (κ3) is 2.11. The quantitative estimate of drug-likeness (QED) is 0.718. The smallest absolute Gasteiger partial charge is 0.0631 e. The van der Waals surface area contributed by atoms with Gasteiger partial charge in [-0.1, -0.05) is 0 Å². The molecule has 3 nitrogen and oxygen atoms in total. The summed E-state index contributed by atoms with van der Waals surface area (Å²) >= 11 is 6.04. The van der Waals surface area contributed by atoms with Gasteiger partial charge in [0.05, 0.1) is 5.69 Å². The Kier molecular flexibility index (Phi) is 3.14. The van der Waals surface area contributed by atoms with Crippen LogP contribution in [0.2, 0.25) is 0 Å². The number of rotatable bonds is 1. The molecule has 2 aliphatic heterocycles. The van der Waals surface area contributed by atoms with Crippen molar-refractivity contribution in [2.45, 2.75) is 51.5 Å². The first-order valence-electron chi connectivity index (χ1n) is 6.72. The number of aromatic nitrogens is 2. The number of hydrogen-bond donors (Lipinski definition) is 0. The maximum absolute atomic E-state index is 6.04. The topological polar surface area (TPSA) is 21.1 Å². The van der Waals surface area contributed by atoms with Gasteiger partial charge in [0.2, 0.25) is 0 Å². The predicted molar refractivity (Wildman–Crippen MR) is 69.3 cm³/mol. The van der Waals surface area contributed by atoms with Gasteiger partial charge in [0.15, 0.2) is 0 Å². The predicted octanol–water partition coefficient (Wildman–Crippen LogP) is 2.86. The first-order chi connectivity index (χ1) is 8.25. The van der Waals surface area contributed by atoms with Gasteiger partial charge in [-0.2, -0.15) is 5.10 Å². The van der Waals surface area contributed by atoms with Crippen molar-refractivity contribution in [1.82, 2.24) is 14.2 Å². The van der Waals surface area contributed by atoms with Crippen LogP contribution in [-0.2, 0) is 13.0 Å². The van der Waals surface area contributed by atoms with Gasteiger partial charge in [-0.05, 0) is 62.3 Å². The molecule has 0 radical (unpaired) electrons. The molecule has 94 valence electrons. The second-order valence-electron chi connectivity index (χ2n) is 5.31. The fourth-order valence-electron chi connectivity index (χ4n) is 3.31. The maximum Gasteiger partial charge on any atom is 0.0631 e. The van der Waals surface area contributed by atoms with Crippen molar-refractivity contribution < 1.29 is 0 Å². The Bertz CT molecular complexity index is 405. The maximum atomic E-state index is 6.04. The summed E-state index contributed by atoms with van der Waals surface area (Å²) in [6.07, 6.45) is 6.20. The highest BCUT2D eigenvalue weighted by Crippen LogP contribution is 2.34. The van der Waals surface area contributed by atoms with E-state index in [1.807, 2.05) is 4.42 Å². The first-order valence-corrected chi connectivity index (χ1v) is 7.06. The van der Waals surface area contributed by atoms with Crippen LogP contribution in [0.4, 0.5) is 0 Å². The standard InChI is InChI=1S/C13H20ClN3/c1-10-13(11-5-8-16(14)9-6-11)12-4-2-3-7-17(12)15-10/h11H,2-9H2,1H3.